The van der Waals surface area contributed by atoms with Crippen LogP contribution in [0, 0.1) is 11.6 Å². The second-order valence-corrected chi connectivity index (χ2v) is 5.86. The number of carbonyl (C=O) groups is 1. The lowest BCUT2D eigenvalue weighted by atomic mass is 9.84. The van der Waals surface area contributed by atoms with Crippen molar-refractivity contribution in [1.29, 1.82) is 0 Å². The van der Waals surface area contributed by atoms with Gasteiger partial charge in [0.05, 0.1) is 17.9 Å². The summed E-state index contributed by atoms with van der Waals surface area (Å²) < 4.78 is 63.8. The van der Waals surface area contributed by atoms with Crippen LogP contribution in [-0.4, -0.2) is 42.2 Å². The van der Waals surface area contributed by atoms with Gasteiger partial charge in [-0.1, -0.05) is 0 Å². The van der Waals surface area contributed by atoms with E-state index in [9.17, 15) is 26.7 Å². The molecule has 1 amide bonds. The van der Waals surface area contributed by atoms with Crippen molar-refractivity contribution in [2.45, 2.75) is 24.6 Å². The number of hydrogen-bond acceptors (Lipinski definition) is 3. The monoisotopic (exact) mass is 335 g/mol. The first-order valence-corrected chi connectivity index (χ1v) is 7.06. The number of nitrogens with one attached hydrogen (secondary N) is 2. The fraction of sp³-hybridized carbons (Fsp3) is 0.500. The lowest BCUT2D eigenvalue weighted by molar-refractivity contribution is -0.149. The summed E-state index contributed by atoms with van der Waals surface area (Å²) in [6.45, 7) is -0.862. The van der Waals surface area contributed by atoms with Crippen molar-refractivity contribution >= 4 is 17.3 Å². The van der Waals surface area contributed by atoms with Crippen LogP contribution in [0.4, 0.5) is 33.3 Å². The van der Waals surface area contributed by atoms with Gasteiger partial charge in [-0.05, 0) is 12.8 Å². The number of benzene rings is 1. The Morgan fingerprint density at radius 1 is 1.09 bits per heavy atom. The van der Waals surface area contributed by atoms with E-state index < -0.39 is 35.8 Å². The van der Waals surface area contributed by atoms with Crippen LogP contribution in [0.1, 0.15) is 12.8 Å². The highest BCUT2D eigenvalue weighted by molar-refractivity contribution is 6.06. The molecule has 3 rings (SSSR count). The molecule has 9 heteroatoms. The number of fused-ring (bicyclic) bond motifs is 1. The third-order valence-corrected chi connectivity index (χ3v) is 4.23. The van der Waals surface area contributed by atoms with Crippen molar-refractivity contribution in [2.24, 2.45) is 0 Å². The molecule has 0 saturated carbocycles. The minimum Gasteiger partial charge on any atom is -0.369 e. The van der Waals surface area contributed by atoms with Crippen molar-refractivity contribution in [2.75, 3.05) is 30.3 Å². The van der Waals surface area contributed by atoms with Gasteiger partial charge in [-0.2, -0.15) is 13.2 Å². The Bertz CT molecular complexity index is 638. The van der Waals surface area contributed by atoms with E-state index in [0.29, 0.717) is 0 Å². The summed E-state index contributed by atoms with van der Waals surface area (Å²) in [6, 6.07) is 1.81. The third-order valence-electron chi connectivity index (χ3n) is 4.23. The van der Waals surface area contributed by atoms with E-state index >= 15 is 0 Å². The number of nitrogens with zero attached hydrogens (tertiary/aromatic N) is 1. The second-order valence-electron chi connectivity index (χ2n) is 5.86. The number of anilines is 2. The summed E-state index contributed by atoms with van der Waals surface area (Å²) in [5.74, 6) is -2.58. The maximum atomic E-state index is 13.3. The molecule has 1 aromatic carbocycles. The molecule has 1 fully saturated rings. The first-order chi connectivity index (χ1) is 10.7. The van der Waals surface area contributed by atoms with Crippen LogP contribution in [0.15, 0.2) is 12.1 Å². The van der Waals surface area contributed by atoms with E-state index in [4.69, 9.17) is 0 Å². The van der Waals surface area contributed by atoms with Gasteiger partial charge in [0.1, 0.15) is 5.54 Å². The Morgan fingerprint density at radius 3 is 2.22 bits per heavy atom. The van der Waals surface area contributed by atoms with Crippen molar-refractivity contribution < 1.29 is 26.7 Å². The standard InChI is InChI=1S/C14H14F5N3O/c15-8-5-10-11(6-9(8)16)21-13(12(23)20-10)1-3-22(4-2-13)7-14(17,18)19/h5-6,21H,1-4,7H2,(H,20,23). The van der Waals surface area contributed by atoms with Gasteiger partial charge in [0.2, 0.25) is 5.91 Å². The number of alkyl halides is 3. The quantitative estimate of drug-likeness (QED) is 0.776. The molecule has 23 heavy (non-hydrogen) atoms. The molecular weight excluding hydrogens is 321 g/mol. The first kappa shape index (κ1) is 16.0. The highest BCUT2D eigenvalue weighted by Gasteiger charge is 2.46. The summed E-state index contributed by atoms with van der Waals surface area (Å²) in [4.78, 5) is 13.5. The van der Waals surface area contributed by atoms with Crippen molar-refractivity contribution in [3.8, 4) is 0 Å². The fourth-order valence-corrected chi connectivity index (χ4v) is 3.01. The van der Waals surface area contributed by atoms with E-state index in [1.807, 2.05) is 0 Å². The molecule has 0 atom stereocenters. The summed E-state index contributed by atoms with van der Waals surface area (Å²) in [6.07, 6.45) is -4.00. The number of likely N-dealkylation sites (tertiary alicyclic amines) is 1. The Morgan fingerprint density at radius 2 is 1.65 bits per heavy atom. The highest BCUT2D eigenvalue weighted by Crippen LogP contribution is 2.37. The molecule has 126 valence electrons. The summed E-state index contributed by atoms with van der Waals surface area (Å²) in [5, 5.41) is 5.39. The van der Waals surface area contributed by atoms with E-state index in [1.54, 1.807) is 0 Å². The Hall–Kier alpha value is -1.90. The predicted octanol–water partition coefficient (Wildman–Crippen LogP) is 2.73. The van der Waals surface area contributed by atoms with Gasteiger partial charge in [0, 0.05) is 25.2 Å². The number of halogens is 5. The van der Waals surface area contributed by atoms with Gasteiger partial charge in [0.15, 0.2) is 11.6 Å². The molecule has 2 aliphatic rings. The molecule has 0 aliphatic carbocycles. The molecule has 2 heterocycles. The highest BCUT2D eigenvalue weighted by atomic mass is 19.4. The van der Waals surface area contributed by atoms with E-state index in [2.05, 4.69) is 10.6 Å². The minimum absolute atomic E-state index is 0.0823. The molecule has 0 radical (unpaired) electrons. The summed E-state index contributed by atoms with van der Waals surface area (Å²) in [7, 11) is 0. The Kier molecular flexibility index (Phi) is 3.70. The zero-order chi connectivity index (χ0) is 16.8. The number of piperidine rings is 1. The number of carbonyl (C=O) groups excluding carboxylic acids is 1. The van der Waals surface area contributed by atoms with Gasteiger partial charge < -0.3 is 10.6 Å². The third kappa shape index (κ3) is 3.10. The zero-order valence-corrected chi connectivity index (χ0v) is 11.9. The van der Waals surface area contributed by atoms with E-state index in [1.165, 1.54) is 4.90 Å². The van der Waals surface area contributed by atoms with Crippen LogP contribution >= 0.6 is 0 Å². The molecule has 1 aromatic rings. The minimum atomic E-state index is -4.29. The lowest BCUT2D eigenvalue weighted by Crippen LogP contribution is -2.59. The van der Waals surface area contributed by atoms with Gasteiger partial charge in [-0.3, -0.25) is 9.69 Å². The van der Waals surface area contributed by atoms with Crippen molar-refractivity contribution in [3.05, 3.63) is 23.8 Å². The molecule has 0 aromatic heterocycles. The molecule has 2 aliphatic heterocycles. The maximum absolute atomic E-state index is 13.3. The predicted molar refractivity (Wildman–Crippen MR) is 73.1 cm³/mol. The van der Waals surface area contributed by atoms with Crippen LogP contribution in [0.3, 0.4) is 0 Å². The van der Waals surface area contributed by atoms with Gasteiger partial charge in [-0.25, -0.2) is 8.78 Å². The number of hydrogen-bond donors (Lipinski definition) is 2. The number of rotatable bonds is 1. The van der Waals surface area contributed by atoms with E-state index in [0.717, 1.165) is 12.1 Å². The number of amides is 1. The normalized spacial score (nSPS) is 20.8. The Balaban J connectivity index is 1.77. The molecule has 2 N–H and O–H groups in total. The SMILES string of the molecule is O=C1Nc2cc(F)c(F)cc2NC12CCN(CC(F)(F)F)CC2. The van der Waals surface area contributed by atoms with Gasteiger partial charge in [-0.15, -0.1) is 0 Å². The van der Waals surface area contributed by atoms with E-state index in [-0.39, 0.29) is 37.3 Å². The average molecular weight is 335 g/mol. The fourth-order valence-electron chi connectivity index (χ4n) is 3.01. The molecule has 1 saturated heterocycles. The zero-order valence-electron chi connectivity index (χ0n) is 11.9. The van der Waals surface area contributed by atoms with Crippen LogP contribution in [0.5, 0.6) is 0 Å². The molecule has 1 spiro atoms. The molecule has 4 nitrogen and oxygen atoms in total. The summed E-state index contributed by atoms with van der Waals surface area (Å²) >= 11 is 0. The van der Waals surface area contributed by atoms with Crippen molar-refractivity contribution in [1.82, 2.24) is 4.90 Å². The Labute approximate surface area is 128 Å². The molecular formula is C14H14F5N3O. The average Bonchev–Trinajstić information content (AvgIpc) is 2.44. The maximum Gasteiger partial charge on any atom is 0.401 e. The first-order valence-electron chi connectivity index (χ1n) is 7.06. The van der Waals surface area contributed by atoms with Crippen LogP contribution < -0.4 is 10.6 Å². The topological polar surface area (TPSA) is 44.4 Å². The largest absolute Gasteiger partial charge is 0.401 e. The smallest absolute Gasteiger partial charge is 0.369 e. The van der Waals surface area contributed by atoms with Gasteiger partial charge in [0.25, 0.3) is 0 Å². The van der Waals surface area contributed by atoms with Crippen LogP contribution in [-0.2, 0) is 4.79 Å². The van der Waals surface area contributed by atoms with Gasteiger partial charge >= 0.3 is 6.18 Å². The lowest BCUT2D eigenvalue weighted by Gasteiger charge is -2.44. The molecule has 0 unspecified atom stereocenters. The summed E-state index contributed by atoms with van der Waals surface area (Å²) in [5.41, 5.74) is -0.746. The second kappa shape index (κ2) is 5.33. The van der Waals surface area contributed by atoms with Crippen molar-refractivity contribution in [3.63, 3.8) is 0 Å². The van der Waals surface area contributed by atoms with Crippen LogP contribution in [0.2, 0.25) is 0 Å². The molecule has 0 bridgehead atoms. The van der Waals surface area contributed by atoms with Crippen LogP contribution in [0.25, 0.3) is 0 Å².